The molecule has 2 aromatic rings. The van der Waals surface area contributed by atoms with Crippen molar-refractivity contribution in [1.82, 2.24) is 0 Å². The number of allylic oxidation sites excluding steroid dienone is 2. The Labute approximate surface area is 158 Å². The van der Waals surface area contributed by atoms with Gasteiger partial charge in [0.1, 0.15) is 7.14 Å². The molecule has 2 nitrogen and oxygen atoms in total. The molecule has 0 aliphatic carbocycles. The molecule has 0 aromatic heterocycles. The average Bonchev–Trinajstić information content (AvgIpc) is 2.61. The Morgan fingerprint density at radius 2 is 1.56 bits per heavy atom. The first-order valence-corrected chi connectivity index (χ1v) is 11.1. The van der Waals surface area contributed by atoms with Gasteiger partial charge in [0.2, 0.25) is 0 Å². The lowest BCUT2D eigenvalue weighted by atomic mass is 10.0. The van der Waals surface area contributed by atoms with Crippen LogP contribution >= 0.6 is 23.1 Å². The Kier molecular flexibility index (Phi) is 7.16. The molecule has 0 aliphatic heterocycles. The summed E-state index contributed by atoms with van der Waals surface area (Å²) in [5, 5.41) is 0. The minimum atomic E-state index is -2.71. The van der Waals surface area contributed by atoms with Crippen LogP contribution < -0.4 is 0 Å². The van der Waals surface area contributed by atoms with Crippen LogP contribution in [0.25, 0.3) is 0 Å². The normalized spacial score (nSPS) is 12.4. The van der Waals surface area contributed by atoms with Gasteiger partial charge in [0.15, 0.2) is 5.78 Å². The molecule has 4 heteroatoms. The van der Waals surface area contributed by atoms with Crippen molar-refractivity contribution in [3.05, 3.63) is 95.5 Å². The summed E-state index contributed by atoms with van der Waals surface area (Å²) >= 11 is 3.43. The second-order valence-electron chi connectivity index (χ2n) is 5.96. The topological polar surface area (TPSA) is 34.1 Å². The molecule has 0 amide bonds. The van der Waals surface area contributed by atoms with Crippen LogP contribution in [0.1, 0.15) is 28.0 Å². The van der Waals surface area contributed by atoms with Gasteiger partial charge in [-0.05, 0) is 17.7 Å². The van der Waals surface area contributed by atoms with Crippen LogP contribution in [-0.4, -0.2) is 18.1 Å². The Bertz CT molecular complexity index is 767. The maximum Gasteiger partial charge on any atom is 0.163 e. The van der Waals surface area contributed by atoms with Gasteiger partial charge in [-0.15, -0.1) is 13.2 Å². The summed E-state index contributed by atoms with van der Waals surface area (Å²) in [7, 11) is -2.71. The second kappa shape index (κ2) is 9.12. The Balaban J connectivity index is 2.42. The molecule has 25 heavy (non-hydrogen) atoms. The molecular formula is C21H22BrO2P. The summed E-state index contributed by atoms with van der Waals surface area (Å²) in [6.45, 7) is 7.51. The molecule has 2 aromatic carbocycles. The quantitative estimate of drug-likeness (QED) is 0.265. The minimum absolute atomic E-state index is 0.00173. The fourth-order valence-corrected chi connectivity index (χ4v) is 5.93. The van der Waals surface area contributed by atoms with Crippen molar-refractivity contribution < 1.29 is 9.36 Å². The number of ketones is 1. The van der Waals surface area contributed by atoms with Crippen molar-refractivity contribution in [2.24, 2.45) is 0 Å². The Morgan fingerprint density at radius 1 is 1.00 bits per heavy atom. The van der Waals surface area contributed by atoms with Gasteiger partial charge in [0.05, 0.1) is 0 Å². The van der Waals surface area contributed by atoms with Crippen LogP contribution in [0.4, 0.5) is 0 Å². The second-order valence-corrected chi connectivity index (χ2v) is 10.1. The van der Waals surface area contributed by atoms with Crippen LogP contribution in [0.15, 0.2) is 84.4 Å². The van der Waals surface area contributed by atoms with E-state index in [1.165, 1.54) is 0 Å². The lowest BCUT2D eigenvalue weighted by molar-refractivity contribution is 0.0980. The highest BCUT2D eigenvalue weighted by Gasteiger charge is 2.33. The standard InChI is InChI=1S/C21H22BrO2P/c1-3-14-25(24,15-4-2)21(18-10-12-19(22)13-11-18)16-20(23)17-8-6-5-7-9-17/h3-13,21H,1-2,14-16H2/t21-/m0/s1. The molecule has 0 heterocycles. The first-order chi connectivity index (χ1) is 12.0. The summed E-state index contributed by atoms with van der Waals surface area (Å²) < 4.78 is 14.6. The van der Waals surface area contributed by atoms with E-state index in [1.54, 1.807) is 24.3 Å². The van der Waals surface area contributed by atoms with Gasteiger partial charge in [-0.2, -0.15) is 0 Å². The summed E-state index contributed by atoms with van der Waals surface area (Å²) in [4.78, 5) is 12.8. The Morgan fingerprint density at radius 3 is 2.08 bits per heavy atom. The number of halogens is 1. The first kappa shape index (κ1) is 19.6. The van der Waals surface area contributed by atoms with E-state index in [0.29, 0.717) is 17.9 Å². The lowest BCUT2D eigenvalue weighted by Gasteiger charge is -2.26. The summed E-state index contributed by atoms with van der Waals surface area (Å²) in [6.07, 6.45) is 4.36. The van der Waals surface area contributed by atoms with Gasteiger partial charge < -0.3 is 4.57 Å². The summed E-state index contributed by atoms with van der Waals surface area (Å²) in [6, 6.07) is 16.9. The molecule has 0 saturated heterocycles. The third kappa shape index (κ3) is 5.14. The van der Waals surface area contributed by atoms with Crippen LogP contribution in [0.3, 0.4) is 0 Å². The van der Waals surface area contributed by atoms with Crippen LogP contribution in [-0.2, 0) is 4.57 Å². The van der Waals surface area contributed by atoms with Gasteiger partial charge >= 0.3 is 0 Å². The van der Waals surface area contributed by atoms with Gasteiger partial charge in [-0.3, -0.25) is 4.79 Å². The van der Waals surface area contributed by atoms with E-state index in [2.05, 4.69) is 29.1 Å². The number of hydrogen-bond donors (Lipinski definition) is 0. The smallest absolute Gasteiger partial charge is 0.163 e. The number of hydrogen-bond acceptors (Lipinski definition) is 2. The number of benzene rings is 2. The van der Waals surface area contributed by atoms with Gasteiger partial charge in [-0.1, -0.05) is 70.5 Å². The highest BCUT2D eigenvalue weighted by Crippen LogP contribution is 2.61. The zero-order chi connectivity index (χ0) is 18.3. The SMILES string of the molecule is C=CCP(=O)(CC=C)[C@@H](CC(=O)c1ccccc1)c1ccc(Br)cc1. The van der Waals surface area contributed by atoms with E-state index in [-0.39, 0.29) is 17.9 Å². The number of carbonyl (C=O) groups is 1. The van der Waals surface area contributed by atoms with Crippen LogP contribution in [0.2, 0.25) is 0 Å². The molecule has 0 unspecified atom stereocenters. The molecular weight excluding hydrogens is 395 g/mol. The van der Waals surface area contributed by atoms with E-state index < -0.39 is 7.14 Å². The summed E-state index contributed by atoms with van der Waals surface area (Å²) in [5.74, 6) is 0.00173. The molecule has 0 fully saturated rings. The molecule has 0 aliphatic rings. The zero-order valence-electron chi connectivity index (χ0n) is 14.1. The largest absolute Gasteiger partial charge is 0.322 e. The highest BCUT2D eigenvalue weighted by molar-refractivity contribution is 9.10. The van der Waals surface area contributed by atoms with Crippen molar-refractivity contribution in [3.63, 3.8) is 0 Å². The van der Waals surface area contributed by atoms with Crippen LogP contribution in [0.5, 0.6) is 0 Å². The van der Waals surface area contributed by atoms with Gasteiger partial charge in [0.25, 0.3) is 0 Å². The fraction of sp³-hybridized carbons (Fsp3) is 0.190. The maximum atomic E-state index is 13.7. The van der Waals surface area contributed by atoms with E-state index >= 15 is 0 Å². The van der Waals surface area contributed by atoms with Crippen molar-refractivity contribution in [1.29, 1.82) is 0 Å². The Hall–Kier alpha value is -1.70. The predicted molar refractivity (Wildman–Crippen MR) is 110 cm³/mol. The molecule has 0 saturated carbocycles. The van der Waals surface area contributed by atoms with Crippen molar-refractivity contribution in [3.8, 4) is 0 Å². The van der Waals surface area contributed by atoms with E-state index in [1.807, 2.05) is 42.5 Å². The van der Waals surface area contributed by atoms with Crippen LogP contribution in [0, 0.1) is 0 Å². The molecule has 0 bridgehead atoms. The van der Waals surface area contributed by atoms with E-state index in [0.717, 1.165) is 10.0 Å². The van der Waals surface area contributed by atoms with Crippen molar-refractivity contribution >= 4 is 28.9 Å². The maximum absolute atomic E-state index is 13.7. The van der Waals surface area contributed by atoms with Gasteiger partial charge in [-0.25, -0.2) is 0 Å². The average molecular weight is 417 g/mol. The number of Topliss-reactive ketones (excluding diaryl/α,β-unsaturated/α-hetero) is 1. The van der Waals surface area contributed by atoms with E-state index in [9.17, 15) is 9.36 Å². The number of carbonyl (C=O) groups excluding carboxylic acids is 1. The molecule has 1 atom stereocenters. The third-order valence-electron chi connectivity index (χ3n) is 4.17. The minimum Gasteiger partial charge on any atom is -0.322 e. The molecule has 2 rings (SSSR count). The zero-order valence-corrected chi connectivity index (χ0v) is 16.6. The lowest BCUT2D eigenvalue weighted by Crippen LogP contribution is -2.11. The monoisotopic (exact) mass is 416 g/mol. The molecule has 130 valence electrons. The summed E-state index contributed by atoms with van der Waals surface area (Å²) in [5.41, 5.74) is 1.22. The molecule has 0 radical (unpaired) electrons. The van der Waals surface area contributed by atoms with Crippen molar-refractivity contribution in [2.45, 2.75) is 12.1 Å². The number of rotatable bonds is 9. The van der Waals surface area contributed by atoms with E-state index in [4.69, 9.17) is 0 Å². The van der Waals surface area contributed by atoms with Gasteiger partial charge in [0, 0.05) is 34.4 Å². The molecule has 0 spiro atoms. The predicted octanol–water partition coefficient (Wildman–Crippen LogP) is 6.50. The van der Waals surface area contributed by atoms with Crippen molar-refractivity contribution in [2.75, 3.05) is 12.3 Å². The highest BCUT2D eigenvalue weighted by atomic mass is 79.9. The first-order valence-electron chi connectivity index (χ1n) is 8.13. The molecule has 0 N–H and O–H groups in total. The fourth-order valence-electron chi connectivity index (χ4n) is 2.92. The third-order valence-corrected chi connectivity index (χ3v) is 8.07.